The molecule has 0 heterocycles. The summed E-state index contributed by atoms with van der Waals surface area (Å²) in [5.74, 6) is 0.743. The molecule has 0 amide bonds. The lowest BCUT2D eigenvalue weighted by Gasteiger charge is -2.34. The van der Waals surface area contributed by atoms with E-state index in [1.54, 1.807) is 7.11 Å². The van der Waals surface area contributed by atoms with Crippen molar-refractivity contribution in [3.05, 3.63) is 114 Å². The molecular weight excluding hydrogens is 344 g/mol. The molecule has 142 valence electrons. The highest BCUT2D eigenvalue weighted by Gasteiger charge is 2.37. The van der Waals surface area contributed by atoms with Crippen LogP contribution in [0.2, 0.25) is 0 Å². The number of benzene rings is 3. The number of aliphatic hydroxyl groups is 1. The minimum Gasteiger partial charge on any atom is -0.497 e. The third-order valence-electron chi connectivity index (χ3n) is 5.06. The monoisotopic (exact) mass is 370 g/mol. The second-order valence-electron chi connectivity index (χ2n) is 7.09. The molecule has 3 aromatic rings. The quantitative estimate of drug-likeness (QED) is 0.536. The summed E-state index contributed by atoms with van der Waals surface area (Å²) in [6.45, 7) is 12.2. The van der Waals surface area contributed by atoms with E-state index in [1.165, 1.54) is 0 Å². The van der Waals surface area contributed by atoms with Crippen LogP contribution in [-0.4, -0.2) is 12.2 Å². The van der Waals surface area contributed by atoms with E-state index in [0.717, 1.165) is 44.7 Å². The molecule has 0 radical (unpaired) electrons. The van der Waals surface area contributed by atoms with Crippen LogP contribution in [0.15, 0.2) is 86.0 Å². The predicted octanol–water partition coefficient (Wildman–Crippen LogP) is 6.05. The summed E-state index contributed by atoms with van der Waals surface area (Å²) in [4.78, 5) is 0. The van der Waals surface area contributed by atoms with Gasteiger partial charge in [0.1, 0.15) is 11.4 Å². The van der Waals surface area contributed by atoms with Crippen molar-refractivity contribution < 1.29 is 9.84 Å². The number of hydrogen-bond acceptors (Lipinski definition) is 2. The maximum Gasteiger partial charge on any atom is 0.141 e. The second-order valence-corrected chi connectivity index (χ2v) is 7.09. The highest BCUT2D eigenvalue weighted by molar-refractivity contribution is 5.72. The van der Waals surface area contributed by atoms with Gasteiger partial charge in [0, 0.05) is 11.1 Å². The predicted molar refractivity (Wildman–Crippen MR) is 117 cm³/mol. The Kier molecular flexibility index (Phi) is 5.53. The van der Waals surface area contributed by atoms with E-state index in [-0.39, 0.29) is 0 Å². The molecule has 0 fully saturated rings. The Morgan fingerprint density at radius 1 is 0.750 bits per heavy atom. The Labute approximate surface area is 167 Å². The lowest BCUT2D eigenvalue weighted by atomic mass is 9.75. The molecule has 28 heavy (non-hydrogen) atoms. The van der Waals surface area contributed by atoms with Crippen LogP contribution in [0.3, 0.4) is 0 Å². The van der Waals surface area contributed by atoms with Crippen molar-refractivity contribution in [1.29, 1.82) is 0 Å². The molecule has 2 heteroatoms. The van der Waals surface area contributed by atoms with E-state index >= 15 is 0 Å². The van der Waals surface area contributed by atoms with Gasteiger partial charge < -0.3 is 9.84 Å². The lowest BCUT2D eigenvalue weighted by Crippen LogP contribution is -2.31. The Bertz CT molecular complexity index is 955. The number of rotatable bonds is 6. The molecule has 0 aromatic heterocycles. The van der Waals surface area contributed by atoms with Crippen LogP contribution in [0.4, 0.5) is 0 Å². The van der Waals surface area contributed by atoms with Crippen molar-refractivity contribution in [3.8, 4) is 5.75 Å². The van der Waals surface area contributed by atoms with Crippen molar-refractivity contribution in [1.82, 2.24) is 0 Å². The van der Waals surface area contributed by atoms with Crippen molar-refractivity contribution in [2.24, 2.45) is 0 Å². The first-order chi connectivity index (χ1) is 13.4. The van der Waals surface area contributed by atoms with Gasteiger partial charge in [-0.25, -0.2) is 0 Å². The Morgan fingerprint density at radius 3 is 1.57 bits per heavy atom. The van der Waals surface area contributed by atoms with Crippen LogP contribution in [0.1, 0.15) is 41.7 Å². The van der Waals surface area contributed by atoms with Crippen molar-refractivity contribution >= 4 is 11.1 Å². The number of allylic oxidation sites excluding steroid dienone is 2. The second kappa shape index (κ2) is 7.87. The fourth-order valence-corrected chi connectivity index (χ4v) is 3.63. The number of methoxy groups -OCH3 is 1. The minimum absolute atomic E-state index is 0.743. The number of ether oxygens (including phenoxy) is 1. The molecule has 0 bridgehead atoms. The molecule has 2 nitrogen and oxygen atoms in total. The van der Waals surface area contributed by atoms with Crippen LogP contribution in [0, 0.1) is 0 Å². The zero-order valence-corrected chi connectivity index (χ0v) is 16.7. The van der Waals surface area contributed by atoms with Crippen LogP contribution in [-0.2, 0) is 5.60 Å². The Morgan fingerprint density at radius 2 is 1.18 bits per heavy atom. The molecule has 3 rings (SSSR count). The third kappa shape index (κ3) is 3.39. The van der Waals surface area contributed by atoms with Crippen LogP contribution in [0.25, 0.3) is 11.1 Å². The van der Waals surface area contributed by atoms with Crippen LogP contribution >= 0.6 is 0 Å². The first-order valence-electron chi connectivity index (χ1n) is 9.27. The maximum atomic E-state index is 12.3. The fourth-order valence-electron chi connectivity index (χ4n) is 3.63. The van der Waals surface area contributed by atoms with E-state index in [2.05, 4.69) is 13.2 Å². The zero-order valence-electron chi connectivity index (χ0n) is 16.7. The van der Waals surface area contributed by atoms with Crippen molar-refractivity contribution in [2.45, 2.75) is 19.4 Å². The molecule has 0 atom stereocenters. The summed E-state index contributed by atoms with van der Waals surface area (Å²) < 4.78 is 5.31. The molecule has 0 spiro atoms. The van der Waals surface area contributed by atoms with E-state index < -0.39 is 5.60 Å². The zero-order chi connectivity index (χ0) is 20.3. The summed E-state index contributed by atoms with van der Waals surface area (Å²) in [5, 5.41) is 12.3. The Hall–Kier alpha value is -3.10. The van der Waals surface area contributed by atoms with Gasteiger partial charge in [-0.3, -0.25) is 0 Å². The smallest absolute Gasteiger partial charge is 0.141 e. The highest BCUT2D eigenvalue weighted by Crippen LogP contribution is 2.42. The largest absolute Gasteiger partial charge is 0.497 e. The molecule has 3 aromatic carbocycles. The van der Waals surface area contributed by atoms with Crippen molar-refractivity contribution in [3.63, 3.8) is 0 Å². The molecule has 0 saturated carbocycles. The number of hydrogen-bond donors (Lipinski definition) is 1. The highest BCUT2D eigenvalue weighted by atomic mass is 16.5. The summed E-state index contributed by atoms with van der Waals surface area (Å²) in [6, 6.07) is 23.3. The first kappa shape index (κ1) is 19.7. The molecule has 0 aliphatic carbocycles. The van der Waals surface area contributed by atoms with Crippen LogP contribution < -0.4 is 4.74 Å². The SMILES string of the molecule is C=C(C)c1ccccc1C(O)(c1ccc(OC)cc1)c1ccccc1C(=C)C. The molecule has 0 saturated heterocycles. The molecule has 0 unspecified atom stereocenters. The van der Waals surface area contributed by atoms with Gasteiger partial charge in [0.2, 0.25) is 0 Å². The molecule has 0 aliphatic rings. The molecular formula is C26H26O2. The topological polar surface area (TPSA) is 29.5 Å². The van der Waals surface area contributed by atoms with E-state index in [0.29, 0.717) is 0 Å². The lowest BCUT2D eigenvalue weighted by molar-refractivity contribution is 0.125. The van der Waals surface area contributed by atoms with Gasteiger partial charge in [0.15, 0.2) is 0 Å². The minimum atomic E-state index is -1.36. The maximum absolute atomic E-state index is 12.3. The third-order valence-corrected chi connectivity index (χ3v) is 5.06. The van der Waals surface area contributed by atoms with E-state index in [9.17, 15) is 5.11 Å². The normalized spacial score (nSPS) is 11.1. The summed E-state index contributed by atoms with van der Waals surface area (Å²) in [6.07, 6.45) is 0. The standard InChI is InChI=1S/C26H26O2/c1-18(2)22-10-6-8-12-24(22)26(27,20-14-16-21(28-5)17-15-20)25-13-9-7-11-23(25)19(3)4/h6-17,27H,1,3H2,2,4-5H3. The van der Waals surface area contributed by atoms with E-state index in [4.69, 9.17) is 4.74 Å². The van der Waals surface area contributed by atoms with Gasteiger partial charge in [-0.2, -0.15) is 0 Å². The summed E-state index contributed by atoms with van der Waals surface area (Å²) in [7, 11) is 1.63. The Balaban J connectivity index is 2.38. The van der Waals surface area contributed by atoms with Gasteiger partial charge in [-0.1, -0.05) is 85.0 Å². The van der Waals surface area contributed by atoms with E-state index in [1.807, 2.05) is 86.6 Å². The fraction of sp³-hybridized carbons (Fsp3) is 0.154. The van der Waals surface area contributed by atoms with Gasteiger partial charge in [-0.15, -0.1) is 0 Å². The first-order valence-corrected chi connectivity index (χ1v) is 9.27. The summed E-state index contributed by atoms with van der Waals surface area (Å²) in [5.41, 5.74) is 4.64. The van der Waals surface area contributed by atoms with Gasteiger partial charge >= 0.3 is 0 Å². The van der Waals surface area contributed by atoms with Gasteiger partial charge in [0.25, 0.3) is 0 Å². The van der Waals surface area contributed by atoms with Gasteiger partial charge in [0.05, 0.1) is 7.11 Å². The van der Waals surface area contributed by atoms with Crippen molar-refractivity contribution in [2.75, 3.05) is 7.11 Å². The summed E-state index contributed by atoms with van der Waals surface area (Å²) >= 11 is 0. The average Bonchev–Trinajstić information content (AvgIpc) is 2.73. The molecule has 0 aliphatic heterocycles. The molecule has 1 N–H and O–H groups in total. The van der Waals surface area contributed by atoms with Gasteiger partial charge in [-0.05, 0) is 42.7 Å². The van der Waals surface area contributed by atoms with Crippen LogP contribution in [0.5, 0.6) is 5.75 Å². The average molecular weight is 370 g/mol.